The molecule has 0 aliphatic heterocycles. The first-order chi connectivity index (χ1) is 11.2. The molecule has 0 bridgehead atoms. The van der Waals surface area contributed by atoms with Crippen molar-refractivity contribution < 1.29 is 8.98 Å². The second kappa shape index (κ2) is 5.20. The van der Waals surface area contributed by atoms with Gasteiger partial charge in [-0.05, 0) is 49.2 Å². The fourth-order valence-electron chi connectivity index (χ4n) is 3.18. The molecule has 4 aromatic rings. The zero-order chi connectivity index (χ0) is 16.0. The number of aromatic nitrogens is 2. The van der Waals surface area contributed by atoms with E-state index in [-0.39, 0.29) is 0 Å². The molecule has 0 spiro atoms. The van der Waals surface area contributed by atoms with Gasteiger partial charge in [0, 0.05) is 23.2 Å². The van der Waals surface area contributed by atoms with Gasteiger partial charge in [-0.25, -0.2) is 4.57 Å². The van der Waals surface area contributed by atoms with Gasteiger partial charge in [-0.15, -0.1) is 0 Å². The van der Waals surface area contributed by atoms with Crippen LogP contribution in [0.25, 0.3) is 33.3 Å². The van der Waals surface area contributed by atoms with Gasteiger partial charge in [0.05, 0.1) is 5.56 Å². The first-order valence-corrected chi connectivity index (χ1v) is 7.94. The lowest BCUT2D eigenvalue weighted by atomic mass is 10.0. The van der Waals surface area contributed by atoms with Gasteiger partial charge < -0.3 is 4.42 Å². The molecule has 3 aromatic heterocycles. The van der Waals surface area contributed by atoms with Gasteiger partial charge in [0.1, 0.15) is 18.1 Å². The van der Waals surface area contributed by atoms with E-state index in [1.807, 2.05) is 18.3 Å². The molecule has 0 aliphatic rings. The summed E-state index contributed by atoms with van der Waals surface area (Å²) < 4.78 is 8.17. The van der Waals surface area contributed by atoms with E-state index in [1.54, 1.807) is 0 Å². The van der Waals surface area contributed by atoms with Crippen molar-refractivity contribution in [1.82, 2.24) is 4.98 Å². The van der Waals surface area contributed by atoms with Crippen LogP contribution < -0.4 is 4.57 Å². The first-order valence-electron chi connectivity index (χ1n) is 7.94. The van der Waals surface area contributed by atoms with Crippen LogP contribution in [0.15, 0.2) is 53.2 Å². The Bertz CT molecular complexity index is 1030. The number of nitrogens with zero attached hydrogens (tertiary/aromatic N) is 2. The fourth-order valence-corrected chi connectivity index (χ4v) is 3.18. The number of aryl methyl sites for hydroxylation is 3. The van der Waals surface area contributed by atoms with Crippen LogP contribution in [0.1, 0.15) is 18.1 Å². The van der Waals surface area contributed by atoms with Crippen LogP contribution in [0.2, 0.25) is 0 Å². The Balaban J connectivity index is 1.97. The van der Waals surface area contributed by atoms with Crippen molar-refractivity contribution in [3.8, 4) is 11.3 Å². The number of hydrogen-bond acceptors (Lipinski definition) is 2. The van der Waals surface area contributed by atoms with Crippen LogP contribution in [0, 0.1) is 6.92 Å². The average molecular weight is 303 g/mol. The van der Waals surface area contributed by atoms with Gasteiger partial charge >= 0.3 is 0 Å². The summed E-state index contributed by atoms with van der Waals surface area (Å²) in [6, 6.07) is 12.6. The normalized spacial score (nSPS) is 11.4. The average Bonchev–Trinajstić information content (AvgIpc) is 2.92. The molecule has 0 fully saturated rings. The molecule has 0 radical (unpaired) electrons. The summed E-state index contributed by atoms with van der Waals surface area (Å²) in [5.74, 6) is 0. The molecular weight excluding hydrogens is 284 g/mol. The number of benzene rings is 1. The molecule has 0 saturated heterocycles. The lowest BCUT2D eigenvalue weighted by molar-refractivity contribution is -0.660. The van der Waals surface area contributed by atoms with Crippen molar-refractivity contribution in [2.75, 3.05) is 0 Å². The molecule has 4 rings (SSSR count). The summed E-state index contributed by atoms with van der Waals surface area (Å²) in [6.07, 6.45) is 5.05. The molecule has 0 unspecified atom stereocenters. The highest BCUT2D eigenvalue weighted by molar-refractivity contribution is 6.03. The molecule has 0 saturated carbocycles. The number of hydrogen-bond donors (Lipinski definition) is 0. The Morgan fingerprint density at radius 2 is 2.00 bits per heavy atom. The lowest BCUT2D eigenvalue weighted by Crippen LogP contribution is -2.31. The van der Waals surface area contributed by atoms with E-state index in [2.05, 4.69) is 60.9 Å². The number of furan rings is 1. The summed E-state index contributed by atoms with van der Waals surface area (Å²) in [5.41, 5.74) is 7.61. The summed E-state index contributed by atoms with van der Waals surface area (Å²) in [5, 5.41) is 1.08. The molecular formula is C20H19N2O+. The molecule has 0 amide bonds. The van der Waals surface area contributed by atoms with E-state index in [0.717, 1.165) is 28.5 Å². The lowest BCUT2D eigenvalue weighted by Gasteiger charge is -2.05. The molecule has 3 heteroatoms. The Labute approximate surface area is 135 Å². The predicted molar refractivity (Wildman–Crippen MR) is 92.2 cm³/mol. The van der Waals surface area contributed by atoms with E-state index in [4.69, 9.17) is 4.42 Å². The van der Waals surface area contributed by atoms with Gasteiger partial charge in [0.15, 0.2) is 11.8 Å². The van der Waals surface area contributed by atoms with Crippen LogP contribution in [-0.2, 0) is 13.5 Å². The Morgan fingerprint density at radius 1 is 1.13 bits per heavy atom. The molecule has 114 valence electrons. The molecule has 0 N–H and O–H groups in total. The highest BCUT2D eigenvalue weighted by atomic mass is 16.3. The maximum Gasteiger partial charge on any atom is 0.212 e. The molecule has 23 heavy (non-hydrogen) atoms. The van der Waals surface area contributed by atoms with Crippen molar-refractivity contribution >= 4 is 22.1 Å². The maximum atomic E-state index is 5.98. The Hall–Kier alpha value is -2.68. The second-order valence-corrected chi connectivity index (χ2v) is 6.00. The standard InChI is InChI=1S/C20H19N2O/c1-4-14-7-8-17(22(3)12-14)15-11-19-16(10-13(15)2)20-18(23-19)6-5-9-21-20/h5-12H,4H2,1-3H3/q+1. The van der Waals surface area contributed by atoms with Crippen molar-refractivity contribution in [2.45, 2.75) is 20.3 Å². The summed E-state index contributed by atoms with van der Waals surface area (Å²) >= 11 is 0. The number of pyridine rings is 2. The third kappa shape index (κ3) is 2.20. The van der Waals surface area contributed by atoms with Crippen LogP contribution in [0.3, 0.4) is 0 Å². The summed E-state index contributed by atoms with van der Waals surface area (Å²) in [6.45, 7) is 4.32. The monoisotopic (exact) mass is 303 g/mol. The van der Waals surface area contributed by atoms with E-state index >= 15 is 0 Å². The molecule has 0 atom stereocenters. The zero-order valence-electron chi connectivity index (χ0n) is 13.6. The van der Waals surface area contributed by atoms with Crippen molar-refractivity contribution in [3.63, 3.8) is 0 Å². The minimum absolute atomic E-state index is 0.838. The van der Waals surface area contributed by atoms with Crippen LogP contribution in [0.4, 0.5) is 0 Å². The summed E-state index contributed by atoms with van der Waals surface area (Å²) in [7, 11) is 2.10. The topological polar surface area (TPSA) is 29.9 Å². The van der Waals surface area contributed by atoms with Crippen LogP contribution in [0.5, 0.6) is 0 Å². The third-order valence-corrected chi connectivity index (χ3v) is 4.45. The highest BCUT2D eigenvalue weighted by Gasteiger charge is 2.17. The zero-order valence-corrected chi connectivity index (χ0v) is 13.6. The van der Waals surface area contributed by atoms with Crippen molar-refractivity contribution in [1.29, 1.82) is 0 Å². The quantitative estimate of drug-likeness (QED) is 0.515. The fraction of sp³-hybridized carbons (Fsp3) is 0.200. The minimum Gasteiger partial charge on any atom is -0.454 e. The Kier molecular flexibility index (Phi) is 3.15. The van der Waals surface area contributed by atoms with Gasteiger partial charge in [-0.3, -0.25) is 4.98 Å². The van der Waals surface area contributed by atoms with Crippen molar-refractivity contribution in [3.05, 3.63) is 59.9 Å². The van der Waals surface area contributed by atoms with E-state index in [9.17, 15) is 0 Å². The minimum atomic E-state index is 0.838. The van der Waals surface area contributed by atoms with Gasteiger partial charge in [0.2, 0.25) is 5.69 Å². The summed E-state index contributed by atoms with van der Waals surface area (Å²) in [4.78, 5) is 4.45. The first kappa shape index (κ1) is 13.9. The molecule has 1 aromatic carbocycles. The maximum absolute atomic E-state index is 5.98. The molecule has 3 heterocycles. The molecule has 3 nitrogen and oxygen atoms in total. The second-order valence-electron chi connectivity index (χ2n) is 6.00. The molecule has 0 aliphatic carbocycles. The van der Waals surface area contributed by atoms with E-state index < -0.39 is 0 Å². The predicted octanol–water partition coefficient (Wildman–Crippen LogP) is 4.34. The van der Waals surface area contributed by atoms with Gasteiger partial charge in [-0.2, -0.15) is 0 Å². The van der Waals surface area contributed by atoms with Crippen LogP contribution >= 0.6 is 0 Å². The third-order valence-electron chi connectivity index (χ3n) is 4.45. The smallest absolute Gasteiger partial charge is 0.212 e. The number of rotatable bonds is 2. The Morgan fingerprint density at radius 3 is 2.78 bits per heavy atom. The van der Waals surface area contributed by atoms with E-state index in [0.29, 0.717) is 0 Å². The SMILES string of the molecule is CCc1ccc(-c2cc3oc4cccnc4c3cc2C)[n+](C)c1. The number of fused-ring (bicyclic) bond motifs is 3. The van der Waals surface area contributed by atoms with Gasteiger partial charge in [0.25, 0.3) is 0 Å². The largest absolute Gasteiger partial charge is 0.454 e. The highest BCUT2D eigenvalue weighted by Crippen LogP contribution is 2.32. The van der Waals surface area contributed by atoms with Gasteiger partial charge in [-0.1, -0.05) is 6.92 Å². The van der Waals surface area contributed by atoms with Crippen molar-refractivity contribution in [2.24, 2.45) is 7.05 Å². The van der Waals surface area contributed by atoms with E-state index in [1.165, 1.54) is 22.4 Å². The van der Waals surface area contributed by atoms with Crippen LogP contribution in [-0.4, -0.2) is 4.98 Å².